The summed E-state index contributed by atoms with van der Waals surface area (Å²) in [6, 6.07) is 30.2. The molecule has 0 aliphatic carbocycles. The summed E-state index contributed by atoms with van der Waals surface area (Å²) in [5.74, 6) is 2.00. The summed E-state index contributed by atoms with van der Waals surface area (Å²) in [7, 11) is -1.38. The summed E-state index contributed by atoms with van der Waals surface area (Å²) in [4.78, 5) is 12.8. The maximum atomic E-state index is 12.8. The predicted molar refractivity (Wildman–Crippen MR) is 183 cm³/mol. The van der Waals surface area contributed by atoms with Crippen LogP contribution in [-0.2, 0) is 4.57 Å². The van der Waals surface area contributed by atoms with Crippen LogP contribution in [0.5, 0.6) is 23.0 Å². The molecule has 0 saturated heterocycles. The monoisotopic (exact) mass is 648 g/mol. The van der Waals surface area contributed by atoms with Gasteiger partial charge in [0, 0.05) is 0 Å². The van der Waals surface area contributed by atoms with Crippen LogP contribution in [-0.4, -0.2) is 14.2 Å². The van der Waals surface area contributed by atoms with Crippen LogP contribution in [0.15, 0.2) is 97.1 Å². The fourth-order valence-electron chi connectivity index (χ4n) is 5.66. The van der Waals surface area contributed by atoms with Gasteiger partial charge in [-0.05, 0) is 119 Å². The first-order chi connectivity index (χ1) is 21.7. The SMILES string of the molecule is CCC(=C(CC)c1ccc(OP(=O)([O-])Oc2ccc(C(CC)=C(CC)c3ccc(OC)cc3)cc2)cc1)c1ccc(OC)cc1.[Na+]. The number of methoxy groups -OCH3 is 2. The van der Waals surface area contributed by atoms with Gasteiger partial charge >= 0.3 is 37.4 Å². The minimum atomic E-state index is -4.69. The van der Waals surface area contributed by atoms with Gasteiger partial charge in [-0.2, -0.15) is 0 Å². The second kappa shape index (κ2) is 17.6. The number of benzene rings is 4. The third-order valence-electron chi connectivity index (χ3n) is 7.86. The van der Waals surface area contributed by atoms with E-state index in [1.807, 2.05) is 48.5 Å². The van der Waals surface area contributed by atoms with E-state index in [-0.39, 0.29) is 41.1 Å². The van der Waals surface area contributed by atoms with E-state index in [9.17, 15) is 9.46 Å². The van der Waals surface area contributed by atoms with Gasteiger partial charge in [-0.25, -0.2) is 4.57 Å². The first-order valence-corrected chi connectivity index (χ1v) is 16.9. The Hall–Kier alpha value is -3.25. The van der Waals surface area contributed by atoms with Crippen molar-refractivity contribution < 1.29 is 57.5 Å². The standard InChI is InChI=1S/C38H43O6P.Na/c1-7-35(27-11-19-31(41-5)20-12-27)37(9-3)29-15-23-33(24-16-29)43-45(39,40)44-34-25-17-30(18-26-34)38(10-4)36(8-2)28-13-21-32(42-6)22-14-28;/h11-26H,7-10H2,1-6H3,(H,39,40);/q;+1/p-1. The maximum Gasteiger partial charge on any atom is 1.00 e. The van der Waals surface area contributed by atoms with Crippen molar-refractivity contribution in [3.05, 3.63) is 119 Å². The van der Waals surface area contributed by atoms with Crippen LogP contribution in [0.1, 0.15) is 75.6 Å². The van der Waals surface area contributed by atoms with Gasteiger partial charge in [0.15, 0.2) is 0 Å². The molecule has 8 heteroatoms. The first-order valence-electron chi connectivity index (χ1n) is 15.4. The van der Waals surface area contributed by atoms with Gasteiger partial charge in [0.1, 0.15) is 23.0 Å². The Labute approximate surface area is 296 Å². The smallest absolute Gasteiger partial charge is 0.736 e. The van der Waals surface area contributed by atoms with Crippen molar-refractivity contribution in [3.63, 3.8) is 0 Å². The third kappa shape index (κ3) is 9.40. The van der Waals surface area contributed by atoms with Gasteiger partial charge in [0.2, 0.25) is 0 Å². The molecule has 0 aliphatic rings. The van der Waals surface area contributed by atoms with Gasteiger partial charge < -0.3 is 23.4 Å². The van der Waals surface area contributed by atoms with Gasteiger partial charge in [-0.3, -0.25) is 0 Å². The molecule has 0 spiro atoms. The fourth-order valence-corrected chi connectivity index (χ4v) is 6.46. The topological polar surface area (TPSA) is 77.1 Å². The van der Waals surface area contributed by atoms with Crippen LogP contribution in [0.25, 0.3) is 22.3 Å². The van der Waals surface area contributed by atoms with Crippen molar-refractivity contribution in [2.45, 2.75) is 53.4 Å². The summed E-state index contributed by atoms with van der Waals surface area (Å²) in [6.07, 6.45) is 3.35. The zero-order valence-corrected chi connectivity index (χ0v) is 30.9. The van der Waals surface area contributed by atoms with Gasteiger partial charge in [0.05, 0.1) is 14.2 Å². The van der Waals surface area contributed by atoms with Crippen molar-refractivity contribution in [3.8, 4) is 23.0 Å². The third-order valence-corrected chi connectivity index (χ3v) is 8.73. The molecule has 0 fully saturated rings. The molecule has 0 unspecified atom stereocenters. The first kappa shape index (κ1) is 37.2. The van der Waals surface area contributed by atoms with Crippen LogP contribution in [0.3, 0.4) is 0 Å². The molecule has 0 heterocycles. The molecule has 0 saturated carbocycles. The minimum Gasteiger partial charge on any atom is -0.736 e. The molecule has 0 amide bonds. The molecule has 236 valence electrons. The van der Waals surface area contributed by atoms with E-state index in [1.165, 1.54) is 22.3 Å². The van der Waals surface area contributed by atoms with E-state index in [0.717, 1.165) is 59.4 Å². The largest absolute Gasteiger partial charge is 1.00 e. The summed E-state index contributed by atoms with van der Waals surface area (Å²) in [6.45, 7) is 8.50. The van der Waals surface area contributed by atoms with Crippen LogP contribution in [0, 0.1) is 0 Å². The second-order valence-electron chi connectivity index (χ2n) is 10.5. The Morgan fingerprint density at radius 2 is 0.696 bits per heavy atom. The molecular weight excluding hydrogens is 606 g/mol. The zero-order valence-electron chi connectivity index (χ0n) is 28.0. The molecule has 6 nitrogen and oxygen atoms in total. The zero-order chi connectivity index (χ0) is 32.4. The molecule has 4 aromatic carbocycles. The van der Waals surface area contributed by atoms with Crippen LogP contribution in [0.2, 0.25) is 0 Å². The predicted octanol–water partition coefficient (Wildman–Crippen LogP) is 7.10. The molecule has 0 aliphatic heterocycles. The summed E-state index contributed by atoms with van der Waals surface area (Å²) < 4.78 is 34.1. The number of phosphoric acid groups is 1. The number of rotatable bonds is 14. The van der Waals surface area contributed by atoms with Crippen LogP contribution >= 0.6 is 7.82 Å². The normalized spacial score (nSPS) is 13.4. The number of ether oxygens (including phenoxy) is 2. The molecular formula is C38H42NaO6P. The molecule has 0 N–H and O–H groups in total. The van der Waals surface area contributed by atoms with Gasteiger partial charge in [-0.1, -0.05) is 76.2 Å². The van der Waals surface area contributed by atoms with Crippen LogP contribution < -0.4 is 53.0 Å². The van der Waals surface area contributed by atoms with Crippen molar-refractivity contribution in [1.82, 2.24) is 0 Å². The average Bonchev–Trinajstić information content (AvgIpc) is 3.07. The Morgan fingerprint density at radius 1 is 0.478 bits per heavy atom. The number of hydrogen-bond acceptors (Lipinski definition) is 6. The van der Waals surface area contributed by atoms with E-state index >= 15 is 0 Å². The summed E-state index contributed by atoms with van der Waals surface area (Å²) in [5, 5.41) is 0. The Morgan fingerprint density at radius 3 is 0.891 bits per heavy atom. The van der Waals surface area contributed by atoms with Crippen molar-refractivity contribution in [2.75, 3.05) is 14.2 Å². The van der Waals surface area contributed by atoms with E-state index < -0.39 is 7.82 Å². The number of hydrogen-bond donors (Lipinski definition) is 0. The van der Waals surface area contributed by atoms with E-state index in [2.05, 4.69) is 52.0 Å². The molecule has 0 bridgehead atoms. The van der Waals surface area contributed by atoms with E-state index in [0.29, 0.717) is 0 Å². The van der Waals surface area contributed by atoms with Crippen molar-refractivity contribution in [1.29, 1.82) is 0 Å². The Bertz CT molecular complexity index is 1540. The van der Waals surface area contributed by atoms with Gasteiger partial charge in [-0.15, -0.1) is 0 Å². The average molecular weight is 649 g/mol. The van der Waals surface area contributed by atoms with Crippen molar-refractivity contribution >= 4 is 30.1 Å². The summed E-state index contributed by atoms with van der Waals surface area (Å²) >= 11 is 0. The number of allylic oxidation sites excluding steroid dienone is 4. The van der Waals surface area contributed by atoms with E-state index in [4.69, 9.17) is 18.5 Å². The Kier molecular flexibility index (Phi) is 14.2. The fraction of sp³-hybridized carbons (Fsp3) is 0.263. The number of phosphoric ester groups is 1. The second-order valence-corrected chi connectivity index (χ2v) is 11.7. The quantitative estimate of drug-likeness (QED) is 0.0826. The molecule has 0 atom stereocenters. The molecule has 4 rings (SSSR count). The van der Waals surface area contributed by atoms with Crippen molar-refractivity contribution in [2.24, 2.45) is 0 Å². The molecule has 4 aromatic rings. The molecule has 46 heavy (non-hydrogen) atoms. The van der Waals surface area contributed by atoms with Crippen LogP contribution in [0.4, 0.5) is 0 Å². The van der Waals surface area contributed by atoms with Gasteiger partial charge in [0.25, 0.3) is 0 Å². The molecule has 0 aromatic heterocycles. The Balaban J connectivity index is 0.00000576. The van der Waals surface area contributed by atoms with E-state index in [1.54, 1.807) is 38.5 Å². The molecule has 0 radical (unpaired) electrons. The summed E-state index contributed by atoms with van der Waals surface area (Å²) in [5.41, 5.74) is 9.12. The maximum absolute atomic E-state index is 12.8. The minimum absolute atomic E-state index is 0.